The Morgan fingerprint density at radius 2 is 2.03 bits per heavy atom. The van der Waals surface area contributed by atoms with Gasteiger partial charge in [0.05, 0.1) is 19.0 Å². The molecule has 0 saturated carbocycles. The Kier molecular flexibility index (Phi) is 5.41. The Balaban J connectivity index is 1.35. The van der Waals surface area contributed by atoms with E-state index in [1.54, 1.807) is 18.3 Å². The maximum Gasteiger partial charge on any atom is 0.319 e. The summed E-state index contributed by atoms with van der Waals surface area (Å²) >= 11 is 0. The molecule has 0 spiro atoms. The second-order valence-corrected chi connectivity index (χ2v) is 7.62. The lowest BCUT2D eigenvalue weighted by Crippen LogP contribution is -2.44. The van der Waals surface area contributed by atoms with E-state index in [-0.39, 0.29) is 18.0 Å². The fourth-order valence-corrected chi connectivity index (χ4v) is 3.93. The molecular formula is C24H22N4O4. The van der Waals surface area contributed by atoms with Crippen LogP contribution in [0.5, 0.6) is 11.9 Å². The number of hydrogen-bond acceptors (Lipinski definition) is 7. The van der Waals surface area contributed by atoms with Crippen molar-refractivity contribution in [3.63, 3.8) is 0 Å². The smallest absolute Gasteiger partial charge is 0.319 e. The normalized spacial score (nSPS) is 16.2. The van der Waals surface area contributed by atoms with Crippen LogP contribution >= 0.6 is 0 Å². The van der Waals surface area contributed by atoms with E-state index < -0.39 is 0 Å². The van der Waals surface area contributed by atoms with Crippen LogP contribution in [-0.4, -0.2) is 52.2 Å². The average molecular weight is 430 g/mol. The summed E-state index contributed by atoms with van der Waals surface area (Å²) in [6.45, 7) is 1.16. The van der Waals surface area contributed by atoms with Crippen LogP contribution in [0.3, 0.4) is 0 Å². The van der Waals surface area contributed by atoms with Crippen LogP contribution in [0.1, 0.15) is 23.2 Å². The molecular weight excluding hydrogens is 408 g/mol. The third-order valence-corrected chi connectivity index (χ3v) is 5.50. The maximum absolute atomic E-state index is 13.3. The first-order chi connectivity index (χ1) is 15.7. The highest BCUT2D eigenvalue weighted by molar-refractivity contribution is 6.01. The molecule has 1 atom stereocenters. The molecule has 0 bridgehead atoms. The molecule has 1 aliphatic heterocycles. The molecule has 1 saturated heterocycles. The maximum atomic E-state index is 13.3. The van der Waals surface area contributed by atoms with Crippen molar-refractivity contribution in [2.45, 2.75) is 18.9 Å². The van der Waals surface area contributed by atoms with Gasteiger partial charge in [-0.1, -0.05) is 35.5 Å². The number of nitrogens with zero attached hydrogens (tertiary/aromatic N) is 4. The van der Waals surface area contributed by atoms with Crippen LogP contribution in [0, 0.1) is 0 Å². The number of amides is 1. The molecule has 0 radical (unpaired) electrons. The van der Waals surface area contributed by atoms with E-state index >= 15 is 0 Å². The highest BCUT2D eigenvalue weighted by Crippen LogP contribution is 2.30. The van der Waals surface area contributed by atoms with Crippen LogP contribution < -0.4 is 9.47 Å². The number of hydrogen-bond donors (Lipinski definition) is 0. The molecule has 0 N–H and O–H groups in total. The molecule has 162 valence electrons. The van der Waals surface area contributed by atoms with E-state index in [1.807, 2.05) is 47.4 Å². The Labute approximate surface area is 184 Å². The molecule has 5 rings (SSSR count). The molecule has 8 nitrogen and oxygen atoms in total. The van der Waals surface area contributed by atoms with E-state index in [1.165, 1.54) is 7.11 Å². The van der Waals surface area contributed by atoms with E-state index in [4.69, 9.17) is 14.0 Å². The van der Waals surface area contributed by atoms with Crippen molar-refractivity contribution in [3.05, 3.63) is 66.4 Å². The molecule has 3 heterocycles. The number of carbonyl (C=O) groups is 1. The summed E-state index contributed by atoms with van der Waals surface area (Å²) in [6, 6.07) is 17.2. The molecule has 0 aliphatic carbocycles. The molecule has 1 aliphatic rings. The predicted molar refractivity (Wildman–Crippen MR) is 118 cm³/mol. The fourth-order valence-electron chi connectivity index (χ4n) is 3.93. The van der Waals surface area contributed by atoms with Gasteiger partial charge in [0.15, 0.2) is 5.76 Å². The van der Waals surface area contributed by atoms with E-state index in [0.717, 1.165) is 29.3 Å². The third kappa shape index (κ3) is 3.99. The lowest BCUT2D eigenvalue weighted by atomic mass is 10.0. The van der Waals surface area contributed by atoms with Crippen LogP contribution in [0.15, 0.2) is 65.3 Å². The predicted octanol–water partition coefficient (Wildman–Crippen LogP) is 3.98. The largest absolute Gasteiger partial charge is 0.472 e. The minimum atomic E-state index is -0.147. The van der Waals surface area contributed by atoms with Gasteiger partial charge in [0.1, 0.15) is 11.6 Å². The minimum Gasteiger partial charge on any atom is -0.472 e. The lowest BCUT2D eigenvalue weighted by molar-refractivity contribution is 0.0526. The van der Waals surface area contributed by atoms with Crippen molar-refractivity contribution < 1.29 is 18.8 Å². The Morgan fingerprint density at radius 1 is 1.16 bits per heavy atom. The molecule has 1 amide bonds. The number of benzene rings is 2. The van der Waals surface area contributed by atoms with Crippen molar-refractivity contribution in [2.75, 3.05) is 20.2 Å². The van der Waals surface area contributed by atoms with Crippen LogP contribution in [0.4, 0.5) is 0 Å². The lowest BCUT2D eigenvalue weighted by Gasteiger charge is -2.32. The minimum absolute atomic E-state index is 0.0410. The Bertz CT molecular complexity index is 1240. The summed E-state index contributed by atoms with van der Waals surface area (Å²) < 4.78 is 16.6. The molecule has 8 heteroatoms. The SMILES string of the molecule is COc1nccc(OC2CCCN(C(=O)c3ccc4noc(-c5ccccc5)c4c3)C2)n1. The number of piperidine rings is 1. The highest BCUT2D eigenvalue weighted by Gasteiger charge is 2.27. The first kappa shape index (κ1) is 20.0. The number of fused-ring (bicyclic) bond motifs is 1. The number of carbonyl (C=O) groups excluding carboxylic acids is 1. The van der Waals surface area contributed by atoms with E-state index in [2.05, 4.69) is 15.1 Å². The first-order valence-electron chi connectivity index (χ1n) is 10.5. The zero-order chi connectivity index (χ0) is 21.9. The summed E-state index contributed by atoms with van der Waals surface area (Å²) in [4.78, 5) is 23.3. The molecule has 2 aromatic heterocycles. The molecule has 32 heavy (non-hydrogen) atoms. The van der Waals surface area contributed by atoms with Crippen LogP contribution in [0.25, 0.3) is 22.2 Å². The number of likely N-dealkylation sites (tertiary alicyclic amines) is 1. The molecule has 1 fully saturated rings. The van der Waals surface area contributed by atoms with Gasteiger partial charge >= 0.3 is 6.01 Å². The third-order valence-electron chi connectivity index (χ3n) is 5.50. The van der Waals surface area contributed by atoms with Crippen molar-refractivity contribution >= 4 is 16.8 Å². The molecule has 1 unspecified atom stereocenters. The number of rotatable bonds is 5. The van der Waals surface area contributed by atoms with Crippen molar-refractivity contribution in [1.29, 1.82) is 0 Å². The van der Waals surface area contributed by atoms with Gasteiger partial charge in [-0.25, -0.2) is 4.98 Å². The van der Waals surface area contributed by atoms with Crippen LogP contribution in [0.2, 0.25) is 0 Å². The van der Waals surface area contributed by atoms with Gasteiger partial charge < -0.3 is 18.9 Å². The van der Waals surface area contributed by atoms with E-state index in [9.17, 15) is 4.79 Å². The molecule has 2 aromatic carbocycles. The van der Waals surface area contributed by atoms with Gasteiger partial charge in [-0.05, 0) is 31.0 Å². The quantitative estimate of drug-likeness (QED) is 0.473. The van der Waals surface area contributed by atoms with Gasteiger partial charge in [-0.15, -0.1) is 0 Å². The van der Waals surface area contributed by atoms with Gasteiger partial charge in [0, 0.05) is 29.9 Å². The summed E-state index contributed by atoms with van der Waals surface area (Å²) in [5, 5.41) is 4.96. The number of ether oxygens (including phenoxy) is 2. The average Bonchev–Trinajstić information content (AvgIpc) is 3.28. The van der Waals surface area contributed by atoms with Crippen molar-refractivity contribution in [3.8, 4) is 23.2 Å². The van der Waals surface area contributed by atoms with Gasteiger partial charge in [-0.2, -0.15) is 4.98 Å². The fraction of sp³-hybridized carbons (Fsp3) is 0.250. The summed E-state index contributed by atoms with van der Waals surface area (Å²) in [6.07, 6.45) is 3.14. The topological polar surface area (TPSA) is 90.6 Å². The van der Waals surface area contributed by atoms with Crippen molar-refractivity contribution in [1.82, 2.24) is 20.0 Å². The summed E-state index contributed by atoms with van der Waals surface area (Å²) in [5.41, 5.74) is 2.24. The number of methoxy groups -OCH3 is 1. The monoisotopic (exact) mass is 430 g/mol. The highest BCUT2D eigenvalue weighted by atomic mass is 16.5. The van der Waals surface area contributed by atoms with Crippen LogP contribution in [-0.2, 0) is 0 Å². The standard InChI is InChI=1S/C24H22N4O4/c1-30-24-25-12-11-21(26-24)31-18-8-5-13-28(15-18)23(29)17-9-10-20-19(14-17)22(32-27-20)16-6-3-2-4-7-16/h2-4,6-7,9-12,14,18H,5,8,13,15H2,1H3. The summed E-state index contributed by atoms with van der Waals surface area (Å²) in [7, 11) is 1.51. The second kappa shape index (κ2) is 8.66. The Hall–Kier alpha value is -3.94. The van der Waals surface area contributed by atoms with Gasteiger partial charge in [0.25, 0.3) is 5.91 Å². The van der Waals surface area contributed by atoms with Crippen molar-refractivity contribution in [2.24, 2.45) is 0 Å². The zero-order valence-corrected chi connectivity index (χ0v) is 17.6. The zero-order valence-electron chi connectivity index (χ0n) is 17.6. The van der Waals surface area contributed by atoms with Gasteiger partial charge in [0.2, 0.25) is 5.88 Å². The Morgan fingerprint density at radius 3 is 2.88 bits per heavy atom. The first-order valence-corrected chi connectivity index (χ1v) is 10.5. The number of aromatic nitrogens is 3. The second-order valence-electron chi connectivity index (χ2n) is 7.62. The van der Waals surface area contributed by atoms with E-state index in [0.29, 0.717) is 30.3 Å². The summed E-state index contributed by atoms with van der Waals surface area (Å²) in [5.74, 6) is 1.06. The van der Waals surface area contributed by atoms with Gasteiger partial charge in [-0.3, -0.25) is 4.79 Å². The molecule has 4 aromatic rings.